The Kier molecular flexibility index (Phi) is 7.25. The quantitative estimate of drug-likeness (QED) is 0.475. The van der Waals surface area contributed by atoms with E-state index >= 15 is 0 Å². The van der Waals surface area contributed by atoms with Gasteiger partial charge in [-0.2, -0.15) is 0 Å². The summed E-state index contributed by atoms with van der Waals surface area (Å²) < 4.78 is 18.1. The fourth-order valence-electron chi connectivity index (χ4n) is 3.47. The monoisotopic (exact) mass is 399 g/mol. The summed E-state index contributed by atoms with van der Waals surface area (Å²) in [4.78, 5) is 0. The van der Waals surface area contributed by atoms with E-state index in [1.807, 2.05) is 12.1 Å². The summed E-state index contributed by atoms with van der Waals surface area (Å²) in [5.74, 6) is 0. The number of methoxy groups -OCH3 is 2. The standard InChI is InChI=1S/C21H32ClO3S/c1-15(26(7)20(2,3)4)25-14-21(19(23-5)24-6)12-8-9-16-13-17(22)10-11-18(16)21/h8-11,13,15,19H,12,14H2,1-7H3/q+1/t15-,21-,26?/m0/s1. The van der Waals surface area contributed by atoms with Crippen molar-refractivity contribution in [3.05, 3.63) is 40.4 Å². The molecule has 0 fully saturated rings. The molecule has 26 heavy (non-hydrogen) atoms. The molecule has 0 aromatic heterocycles. The molecule has 0 saturated heterocycles. The summed E-state index contributed by atoms with van der Waals surface area (Å²) in [6.07, 6.45) is 6.95. The van der Waals surface area contributed by atoms with E-state index in [1.165, 1.54) is 0 Å². The second-order valence-corrected chi connectivity index (χ2v) is 11.3. The number of halogens is 1. The van der Waals surface area contributed by atoms with Crippen LogP contribution in [0.3, 0.4) is 0 Å². The van der Waals surface area contributed by atoms with Crippen LogP contribution in [-0.2, 0) is 30.5 Å². The first-order valence-electron chi connectivity index (χ1n) is 8.94. The molecule has 0 N–H and O–H groups in total. The topological polar surface area (TPSA) is 27.7 Å². The molecule has 1 aromatic rings. The largest absolute Gasteiger partial charge is 0.355 e. The molecule has 0 spiro atoms. The summed E-state index contributed by atoms with van der Waals surface area (Å²) in [6.45, 7) is 9.49. The van der Waals surface area contributed by atoms with Crippen molar-refractivity contribution in [1.29, 1.82) is 0 Å². The maximum absolute atomic E-state index is 6.43. The van der Waals surface area contributed by atoms with Crippen LogP contribution < -0.4 is 0 Å². The van der Waals surface area contributed by atoms with Crippen molar-refractivity contribution in [3.8, 4) is 0 Å². The SMILES string of the molecule is COC(OC)[C@]1(CO[C@H](C)[S+](C)C(C)(C)C)CC=Cc2cc(Cl)ccc21. The van der Waals surface area contributed by atoms with Crippen LogP contribution in [0.25, 0.3) is 6.08 Å². The average Bonchev–Trinajstić information content (AvgIpc) is 2.59. The van der Waals surface area contributed by atoms with Crippen LogP contribution in [0.4, 0.5) is 0 Å². The number of rotatable bonds is 7. The van der Waals surface area contributed by atoms with E-state index in [9.17, 15) is 0 Å². The molecule has 1 aliphatic rings. The third kappa shape index (κ3) is 4.48. The molecule has 5 heteroatoms. The lowest BCUT2D eigenvalue weighted by Gasteiger charge is -2.41. The Bertz CT molecular complexity index is 637. The fraction of sp³-hybridized carbons (Fsp3) is 0.619. The lowest BCUT2D eigenvalue weighted by atomic mass is 9.72. The molecule has 0 bridgehead atoms. The van der Waals surface area contributed by atoms with Gasteiger partial charge in [-0.05, 0) is 50.5 Å². The summed E-state index contributed by atoms with van der Waals surface area (Å²) in [5, 5.41) is 0.729. The third-order valence-corrected chi connectivity index (χ3v) is 8.55. The molecule has 0 saturated carbocycles. The maximum Gasteiger partial charge on any atom is 0.215 e. The Balaban J connectivity index is 2.35. The molecule has 0 radical (unpaired) electrons. The van der Waals surface area contributed by atoms with Crippen LogP contribution in [0.5, 0.6) is 0 Å². The number of allylic oxidation sites excluding steroid dienone is 1. The van der Waals surface area contributed by atoms with Crippen molar-refractivity contribution in [2.24, 2.45) is 0 Å². The predicted molar refractivity (Wildman–Crippen MR) is 113 cm³/mol. The van der Waals surface area contributed by atoms with Crippen LogP contribution in [0.15, 0.2) is 24.3 Å². The molecular weight excluding hydrogens is 368 g/mol. The van der Waals surface area contributed by atoms with Gasteiger partial charge in [-0.15, -0.1) is 0 Å². The first kappa shape index (κ1) is 21.8. The van der Waals surface area contributed by atoms with Gasteiger partial charge in [0.25, 0.3) is 0 Å². The molecule has 1 aliphatic carbocycles. The molecule has 0 aliphatic heterocycles. The Morgan fingerprint density at radius 1 is 1.23 bits per heavy atom. The van der Waals surface area contributed by atoms with Gasteiger partial charge in [-0.3, -0.25) is 0 Å². The van der Waals surface area contributed by atoms with E-state index < -0.39 is 11.7 Å². The Morgan fingerprint density at radius 3 is 2.46 bits per heavy atom. The number of hydrogen-bond donors (Lipinski definition) is 0. The van der Waals surface area contributed by atoms with Crippen molar-refractivity contribution < 1.29 is 14.2 Å². The van der Waals surface area contributed by atoms with Gasteiger partial charge in [-0.25, -0.2) is 0 Å². The Hall–Kier alpha value is -0.520. The Labute approximate surface area is 166 Å². The van der Waals surface area contributed by atoms with Gasteiger partial charge in [0.15, 0.2) is 6.29 Å². The van der Waals surface area contributed by atoms with E-state index in [4.69, 9.17) is 25.8 Å². The smallest absolute Gasteiger partial charge is 0.215 e. The van der Waals surface area contributed by atoms with Gasteiger partial charge in [0.2, 0.25) is 5.44 Å². The van der Waals surface area contributed by atoms with Gasteiger partial charge in [0.1, 0.15) is 11.0 Å². The van der Waals surface area contributed by atoms with Crippen molar-refractivity contribution in [2.75, 3.05) is 27.1 Å². The predicted octanol–water partition coefficient (Wildman–Crippen LogP) is 5.02. The third-order valence-electron chi connectivity index (χ3n) is 5.25. The van der Waals surface area contributed by atoms with Crippen LogP contribution in [-0.4, -0.2) is 43.6 Å². The molecule has 1 aromatic carbocycles. The van der Waals surface area contributed by atoms with Crippen molar-refractivity contribution in [3.63, 3.8) is 0 Å². The van der Waals surface area contributed by atoms with E-state index in [1.54, 1.807) is 14.2 Å². The van der Waals surface area contributed by atoms with Gasteiger partial charge < -0.3 is 14.2 Å². The molecule has 0 amide bonds. The van der Waals surface area contributed by atoms with E-state index in [0.29, 0.717) is 6.61 Å². The second kappa shape index (κ2) is 8.66. The average molecular weight is 400 g/mol. The van der Waals surface area contributed by atoms with Crippen LogP contribution in [0.1, 0.15) is 45.2 Å². The molecule has 0 heterocycles. The highest BCUT2D eigenvalue weighted by atomic mass is 35.5. The molecule has 3 nitrogen and oxygen atoms in total. The number of fused-ring (bicyclic) bond motifs is 1. The Morgan fingerprint density at radius 2 is 1.88 bits per heavy atom. The van der Waals surface area contributed by atoms with Gasteiger partial charge in [0, 0.05) is 37.1 Å². The molecule has 146 valence electrons. The normalized spacial score (nSPS) is 22.3. The van der Waals surface area contributed by atoms with Gasteiger partial charge in [-0.1, -0.05) is 29.8 Å². The zero-order valence-electron chi connectivity index (χ0n) is 17.0. The van der Waals surface area contributed by atoms with Gasteiger partial charge in [0.05, 0.1) is 12.0 Å². The molecule has 1 unspecified atom stereocenters. The summed E-state index contributed by atoms with van der Waals surface area (Å²) in [7, 11) is 3.50. The molecule has 2 rings (SSSR count). The first-order chi connectivity index (χ1) is 12.2. The minimum Gasteiger partial charge on any atom is -0.355 e. The van der Waals surface area contributed by atoms with Crippen molar-refractivity contribution in [2.45, 2.75) is 56.0 Å². The fourth-order valence-corrected chi connectivity index (χ4v) is 4.92. The second-order valence-electron chi connectivity index (χ2n) is 7.85. The molecule has 3 atom stereocenters. The number of hydrogen-bond acceptors (Lipinski definition) is 3. The highest BCUT2D eigenvalue weighted by Gasteiger charge is 2.45. The summed E-state index contributed by atoms with van der Waals surface area (Å²) in [5.41, 5.74) is 2.03. The lowest BCUT2D eigenvalue weighted by Crippen LogP contribution is -2.48. The number of ether oxygens (including phenoxy) is 3. The zero-order valence-corrected chi connectivity index (χ0v) is 18.5. The highest BCUT2D eigenvalue weighted by molar-refractivity contribution is 7.97. The minimum absolute atomic E-state index is 0.124. The van der Waals surface area contributed by atoms with E-state index in [0.717, 1.165) is 22.6 Å². The first-order valence-corrected chi connectivity index (χ1v) is 11.0. The zero-order chi connectivity index (χ0) is 19.5. The highest BCUT2D eigenvalue weighted by Crippen LogP contribution is 2.42. The summed E-state index contributed by atoms with van der Waals surface area (Å²) >= 11 is 6.21. The van der Waals surface area contributed by atoms with Crippen molar-refractivity contribution >= 4 is 28.6 Å². The van der Waals surface area contributed by atoms with Gasteiger partial charge >= 0.3 is 0 Å². The van der Waals surface area contributed by atoms with Crippen LogP contribution >= 0.6 is 11.6 Å². The minimum atomic E-state index is -0.396. The maximum atomic E-state index is 6.43. The van der Waals surface area contributed by atoms with Crippen LogP contribution in [0, 0.1) is 0 Å². The molecular formula is C21H32ClO3S+. The summed E-state index contributed by atoms with van der Waals surface area (Å²) in [6, 6.07) is 6.00. The van der Waals surface area contributed by atoms with E-state index in [2.05, 4.69) is 52.2 Å². The van der Waals surface area contributed by atoms with Crippen LogP contribution in [0.2, 0.25) is 5.02 Å². The number of benzene rings is 1. The van der Waals surface area contributed by atoms with Crippen molar-refractivity contribution in [1.82, 2.24) is 0 Å². The lowest BCUT2D eigenvalue weighted by molar-refractivity contribution is -0.166. The van der Waals surface area contributed by atoms with E-state index in [-0.39, 0.29) is 21.1 Å².